The maximum absolute atomic E-state index is 12.8. The van der Waals surface area contributed by atoms with Gasteiger partial charge in [-0.15, -0.1) is 0 Å². The third-order valence-electron chi connectivity index (χ3n) is 7.86. The SMILES string of the molecule is CCC(CC)(c1ccc(/C=C/C(C)(O)C(C)(C)C)c(C)c1)c1ccc(C(=O)N(C)CC(=O)O)c(C)c1. The fourth-order valence-corrected chi connectivity index (χ4v) is 4.58. The van der Waals surface area contributed by atoms with Gasteiger partial charge < -0.3 is 15.1 Å². The van der Waals surface area contributed by atoms with Crippen LogP contribution in [0.3, 0.4) is 0 Å². The van der Waals surface area contributed by atoms with E-state index in [0.717, 1.165) is 35.1 Å². The first-order valence-electron chi connectivity index (χ1n) is 12.7. The highest BCUT2D eigenvalue weighted by Gasteiger charge is 2.33. The van der Waals surface area contributed by atoms with E-state index in [1.54, 1.807) is 0 Å². The summed E-state index contributed by atoms with van der Waals surface area (Å²) in [4.78, 5) is 25.0. The fourth-order valence-electron chi connectivity index (χ4n) is 4.58. The fraction of sp³-hybridized carbons (Fsp3) is 0.484. The Morgan fingerprint density at radius 2 is 1.44 bits per heavy atom. The zero-order valence-corrected chi connectivity index (χ0v) is 23.4. The summed E-state index contributed by atoms with van der Waals surface area (Å²) in [5.74, 6) is -1.33. The number of hydrogen-bond acceptors (Lipinski definition) is 3. The molecule has 0 spiro atoms. The molecule has 0 fully saturated rings. The van der Waals surface area contributed by atoms with Gasteiger partial charge in [0.15, 0.2) is 0 Å². The minimum absolute atomic E-state index is 0.219. The predicted octanol–water partition coefficient (Wildman–Crippen LogP) is 6.38. The molecule has 0 saturated carbocycles. The molecular formula is C31H43NO4. The summed E-state index contributed by atoms with van der Waals surface area (Å²) < 4.78 is 0. The van der Waals surface area contributed by atoms with E-state index in [0.29, 0.717) is 5.56 Å². The van der Waals surface area contributed by atoms with Gasteiger partial charge >= 0.3 is 5.97 Å². The zero-order chi connectivity index (χ0) is 27.5. The van der Waals surface area contributed by atoms with Crippen molar-refractivity contribution in [3.8, 4) is 0 Å². The summed E-state index contributed by atoms with van der Waals surface area (Å²) in [6.45, 7) is 15.9. The zero-order valence-electron chi connectivity index (χ0n) is 23.4. The number of carboxylic acid groups (broad SMARTS) is 1. The quantitative estimate of drug-likeness (QED) is 0.425. The molecule has 36 heavy (non-hydrogen) atoms. The van der Waals surface area contributed by atoms with Gasteiger partial charge in [0.1, 0.15) is 6.54 Å². The molecule has 0 bridgehead atoms. The monoisotopic (exact) mass is 493 g/mol. The van der Waals surface area contributed by atoms with E-state index >= 15 is 0 Å². The molecule has 5 heteroatoms. The predicted molar refractivity (Wildman–Crippen MR) is 147 cm³/mol. The van der Waals surface area contributed by atoms with Crippen LogP contribution in [0.4, 0.5) is 0 Å². The number of likely N-dealkylation sites (N-methyl/N-ethyl adjacent to an activating group) is 1. The number of benzene rings is 2. The first-order chi connectivity index (χ1) is 16.6. The van der Waals surface area contributed by atoms with Crippen molar-refractivity contribution >= 4 is 18.0 Å². The number of rotatable bonds is 9. The summed E-state index contributed by atoms with van der Waals surface area (Å²) in [7, 11) is 1.51. The Kier molecular flexibility index (Phi) is 8.96. The topological polar surface area (TPSA) is 77.8 Å². The average molecular weight is 494 g/mol. The van der Waals surface area contributed by atoms with Crippen LogP contribution >= 0.6 is 0 Å². The van der Waals surface area contributed by atoms with Gasteiger partial charge in [-0.25, -0.2) is 0 Å². The van der Waals surface area contributed by atoms with Gasteiger partial charge in [-0.05, 0) is 72.9 Å². The molecule has 2 aromatic carbocycles. The third kappa shape index (κ3) is 6.07. The molecule has 1 unspecified atom stereocenters. The average Bonchev–Trinajstić information content (AvgIpc) is 2.78. The lowest BCUT2D eigenvalue weighted by Crippen LogP contribution is -2.37. The lowest BCUT2D eigenvalue weighted by Gasteiger charge is -2.35. The lowest BCUT2D eigenvalue weighted by molar-refractivity contribution is -0.137. The molecule has 1 amide bonds. The maximum atomic E-state index is 12.8. The van der Waals surface area contributed by atoms with Crippen LogP contribution in [0.2, 0.25) is 0 Å². The summed E-state index contributed by atoms with van der Waals surface area (Å²) in [5, 5.41) is 19.9. The summed E-state index contributed by atoms with van der Waals surface area (Å²) in [6, 6.07) is 12.4. The maximum Gasteiger partial charge on any atom is 0.323 e. The standard InChI is InChI=1S/C31H43NO4/c1-10-31(11-2,25-14-15-26(22(4)19-25)28(35)32(9)20-27(33)34)24-13-12-23(21(3)18-24)16-17-30(8,36)29(5,6)7/h12-19,36H,10-11,20H2,1-9H3,(H,33,34)/b17-16+. The van der Waals surface area contributed by atoms with Crippen LogP contribution in [0.5, 0.6) is 0 Å². The Morgan fingerprint density at radius 1 is 0.917 bits per heavy atom. The van der Waals surface area contributed by atoms with Crippen LogP contribution in [0.1, 0.15) is 92.6 Å². The lowest BCUT2D eigenvalue weighted by atomic mass is 9.69. The first-order valence-corrected chi connectivity index (χ1v) is 12.7. The molecule has 1 atom stereocenters. The van der Waals surface area contributed by atoms with E-state index in [9.17, 15) is 14.7 Å². The second-order valence-corrected chi connectivity index (χ2v) is 11.2. The van der Waals surface area contributed by atoms with Crippen molar-refractivity contribution in [3.63, 3.8) is 0 Å². The van der Waals surface area contributed by atoms with Gasteiger partial charge in [0.2, 0.25) is 0 Å². The summed E-state index contributed by atoms with van der Waals surface area (Å²) in [5.41, 5.74) is 4.50. The minimum Gasteiger partial charge on any atom is -0.480 e. The van der Waals surface area contributed by atoms with E-state index in [1.807, 2.05) is 58.9 Å². The van der Waals surface area contributed by atoms with Gasteiger partial charge in [-0.1, -0.05) is 77.1 Å². The second kappa shape index (κ2) is 11.0. The summed E-state index contributed by atoms with van der Waals surface area (Å²) in [6.07, 6.45) is 5.66. The largest absolute Gasteiger partial charge is 0.480 e. The van der Waals surface area contributed by atoms with Gasteiger partial charge in [0.25, 0.3) is 5.91 Å². The number of aryl methyl sites for hydroxylation is 2. The Bertz CT molecular complexity index is 1130. The van der Waals surface area contributed by atoms with Gasteiger partial charge in [-0.2, -0.15) is 0 Å². The number of carboxylic acids is 1. The minimum atomic E-state index is -1.04. The number of amides is 1. The van der Waals surface area contributed by atoms with E-state index in [4.69, 9.17) is 5.11 Å². The Balaban J connectivity index is 2.47. The van der Waals surface area contributed by atoms with Crippen molar-refractivity contribution in [2.24, 2.45) is 5.41 Å². The summed E-state index contributed by atoms with van der Waals surface area (Å²) >= 11 is 0. The van der Waals surface area contributed by atoms with Gasteiger partial charge in [-0.3, -0.25) is 9.59 Å². The molecular weight excluding hydrogens is 450 g/mol. The van der Waals surface area contributed by atoms with Crippen molar-refractivity contribution in [2.75, 3.05) is 13.6 Å². The molecule has 5 nitrogen and oxygen atoms in total. The van der Waals surface area contributed by atoms with E-state index in [1.165, 1.54) is 17.5 Å². The van der Waals surface area contributed by atoms with Crippen LogP contribution in [0.25, 0.3) is 6.08 Å². The number of nitrogens with zero attached hydrogens (tertiary/aromatic N) is 1. The number of carbonyl (C=O) groups excluding carboxylic acids is 1. The van der Waals surface area contributed by atoms with Crippen molar-refractivity contribution in [1.29, 1.82) is 0 Å². The van der Waals surface area contributed by atoms with Crippen LogP contribution in [0.15, 0.2) is 42.5 Å². The van der Waals surface area contributed by atoms with Crippen molar-refractivity contribution in [1.82, 2.24) is 4.90 Å². The molecule has 2 aromatic rings. The second-order valence-electron chi connectivity index (χ2n) is 11.2. The number of aliphatic hydroxyl groups is 1. The number of hydrogen-bond donors (Lipinski definition) is 2. The molecule has 0 heterocycles. The highest BCUT2D eigenvalue weighted by Crippen LogP contribution is 2.40. The molecule has 0 aliphatic carbocycles. The third-order valence-corrected chi connectivity index (χ3v) is 7.86. The first kappa shape index (κ1) is 29.3. The molecule has 0 aliphatic rings. The van der Waals surface area contributed by atoms with E-state index < -0.39 is 11.6 Å². The Labute approximate surface area is 216 Å². The molecule has 0 aromatic heterocycles. The van der Waals surface area contributed by atoms with Crippen molar-refractivity contribution in [3.05, 3.63) is 75.9 Å². The van der Waals surface area contributed by atoms with Crippen LogP contribution in [-0.2, 0) is 10.2 Å². The smallest absolute Gasteiger partial charge is 0.323 e. The Morgan fingerprint density at radius 3 is 1.89 bits per heavy atom. The van der Waals surface area contributed by atoms with Crippen LogP contribution < -0.4 is 0 Å². The normalized spacial score (nSPS) is 14.1. The van der Waals surface area contributed by atoms with Gasteiger partial charge in [0.05, 0.1) is 5.60 Å². The van der Waals surface area contributed by atoms with Crippen LogP contribution in [0, 0.1) is 19.3 Å². The van der Waals surface area contributed by atoms with Gasteiger partial charge in [0, 0.05) is 18.0 Å². The van der Waals surface area contributed by atoms with Crippen molar-refractivity contribution < 1.29 is 19.8 Å². The van der Waals surface area contributed by atoms with E-state index in [2.05, 4.69) is 45.0 Å². The Hall–Kier alpha value is -2.92. The van der Waals surface area contributed by atoms with Crippen molar-refractivity contribution in [2.45, 2.75) is 79.2 Å². The number of aliphatic carboxylic acids is 1. The highest BCUT2D eigenvalue weighted by atomic mass is 16.4. The molecule has 2 N–H and O–H groups in total. The molecule has 196 valence electrons. The number of carbonyl (C=O) groups is 2. The molecule has 0 aliphatic heterocycles. The molecule has 0 radical (unpaired) electrons. The highest BCUT2D eigenvalue weighted by molar-refractivity contribution is 5.97. The van der Waals surface area contributed by atoms with Crippen LogP contribution in [-0.4, -0.2) is 46.2 Å². The van der Waals surface area contributed by atoms with E-state index in [-0.39, 0.29) is 23.3 Å². The molecule has 0 saturated heterocycles. The molecule has 2 rings (SSSR count).